The van der Waals surface area contributed by atoms with E-state index in [9.17, 15) is 22.8 Å². The summed E-state index contributed by atoms with van der Waals surface area (Å²) in [6, 6.07) is 6.43. The smallest absolute Gasteiger partial charge is 0.342 e. The fourth-order valence-corrected chi connectivity index (χ4v) is 5.62. The van der Waals surface area contributed by atoms with Gasteiger partial charge in [0.1, 0.15) is 18.5 Å². The van der Waals surface area contributed by atoms with Gasteiger partial charge in [0.25, 0.3) is 0 Å². The van der Waals surface area contributed by atoms with Crippen LogP contribution in [0.25, 0.3) is 0 Å². The molecule has 0 spiro atoms. The number of aldehydes is 1. The first-order chi connectivity index (χ1) is 17.7. The highest BCUT2D eigenvalue weighted by Crippen LogP contribution is 2.35. The predicted molar refractivity (Wildman–Crippen MR) is 127 cm³/mol. The summed E-state index contributed by atoms with van der Waals surface area (Å²) in [6.45, 7) is 2.83. The summed E-state index contributed by atoms with van der Waals surface area (Å²) < 4.78 is 51.7. The van der Waals surface area contributed by atoms with Gasteiger partial charge in [-0.2, -0.15) is 18.3 Å². The molecule has 0 aliphatic carbocycles. The van der Waals surface area contributed by atoms with Crippen LogP contribution in [-0.2, 0) is 40.2 Å². The molecule has 0 N–H and O–H groups in total. The fraction of sp³-hybridized carbons (Fsp3) is 0.440. The molecule has 8 nitrogen and oxygen atoms in total. The number of piperidine rings is 1. The number of fused-ring (bicyclic) bond motifs is 1. The molecule has 2 aliphatic rings. The molecule has 0 bridgehead atoms. The standard InChI is InChI=1S/C25H25F3N4O4S/c1-15-9-21(25(26,27)28)30-32(15)10-22(34)31-7-5-16(6-8-31)23-29-20(14-37-23)24-35-12-18-4-2-3-17(11-33)19(18)13-36-24/h2-4,9,11,14,16,24H,5-8,10,12-13H2,1H3. The Balaban J connectivity index is 1.17. The molecular weight excluding hydrogens is 509 g/mol. The number of carbonyl (C=O) groups is 2. The van der Waals surface area contributed by atoms with Gasteiger partial charge in [-0.25, -0.2) is 4.98 Å². The van der Waals surface area contributed by atoms with E-state index in [2.05, 4.69) is 5.10 Å². The summed E-state index contributed by atoms with van der Waals surface area (Å²) in [5, 5.41) is 6.39. The SMILES string of the molecule is Cc1cc(C(F)(F)F)nn1CC(=O)N1CCC(c2nc(C3OCc4cccc(C=O)c4CO3)cs2)CC1. The first-order valence-electron chi connectivity index (χ1n) is 11.9. The molecule has 4 heterocycles. The summed E-state index contributed by atoms with van der Waals surface area (Å²) in [6.07, 6.45) is -2.97. The highest BCUT2D eigenvalue weighted by Gasteiger charge is 2.35. The Morgan fingerprint density at radius 3 is 2.68 bits per heavy atom. The van der Waals surface area contributed by atoms with Crippen molar-refractivity contribution in [2.24, 2.45) is 0 Å². The number of aromatic nitrogens is 3. The van der Waals surface area contributed by atoms with Crippen LogP contribution in [0.5, 0.6) is 0 Å². The predicted octanol–water partition coefficient (Wildman–Crippen LogP) is 4.63. The van der Waals surface area contributed by atoms with Crippen molar-refractivity contribution in [1.82, 2.24) is 19.7 Å². The van der Waals surface area contributed by atoms with Crippen LogP contribution in [0.4, 0.5) is 13.2 Å². The van der Waals surface area contributed by atoms with E-state index in [0.29, 0.717) is 49.5 Å². The van der Waals surface area contributed by atoms with Crippen molar-refractivity contribution in [3.8, 4) is 0 Å². The molecule has 1 saturated heterocycles. The molecule has 1 amide bonds. The number of carbonyl (C=O) groups excluding carboxylic acids is 2. The summed E-state index contributed by atoms with van der Waals surface area (Å²) in [5.74, 6) is -0.0940. The summed E-state index contributed by atoms with van der Waals surface area (Å²) in [5.41, 5.74) is 2.30. The van der Waals surface area contributed by atoms with Gasteiger partial charge in [0.15, 0.2) is 5.69 Å². The Morgan fingerprint density at radius 1 is 1.22 bits per heavy atom. The number of rotatable bonds is 5. The van der Waals surface area contributed by atoms with Crippen molar-refractivity contribution in [2.75, 3.05) is 13.1 Å². The molecule has 196 valence electrons. The van der Waals surface area contributed by atoms with Crippen LogP contribution in [0.3, 0.4) is 0 Å². The number of aryl methyl sites for hydroxylation is 1. The van der Waals surface area contributed by atoms with Crippen LogP contribution in [0.15, 0.2) is 29.6 Å². The molecular formula is C25H25F3N4O4S. The molecule has 2 aliphatic heterocycles. The lowest BCUT2D eigenvalue weighted by Gasteiger charge is -2.31. The van der Waals surface area contributed by atoms with Crippen LogP contribution in [0.1, 0.15) is 68.6 Å². The molecule has 1 fully saturated rings. The molecule has 12 heteroatoms. The van der Waals surface area contributed by atoms with E-state index in [1.807, 2.05) is 17.5 Å². The van der Waals surface area contributed by atoms with Crippen molar-refractivity contribution in [2.45, 2.75) is 57.9 Å². The van der Waals surface area contributed by atoms with Gasteiger partial charge in [-0.15, -0.1) is 11.3 Å². The number of likely N-dealkylation sites (tertiary alicyclic amines) is 1. The first kappa shape index (κ1) is 25.6. The van der Waals surface area contributed by atoms with Crippen molar-refractivity contribution < 1.29 is 32.2 Å². The Hall–Kier alpha value is -3.09. The number of hydrogen-bond donors (Lipinski definition) is 0. The van der Waals surface area contributed by atoms with Crippen LogP contribution in [0, 0.1) is 6.92 Å². The van der Waals surface area contributed by atoms with E-state index in [0.717, 1.165) is 33.2 Å². The lowest BCUT2D eigenvalue weighted by atomic mass is 9.97. The average molecular weight is 535 g/mol. The number of hydrogen-bond acceptors (Lipinski definition) is 7. The number of alkyl halides is 3. The molecule has 1 unspecified atom stereocenters. The number of halogens is 3. The monoisotopic (exact) mass is 534 g/mol. The third-order valence-electron chi connectivity index (χ3n) is 6.74. The van der Waals surface area contributed by atoms with Crippen molar-refractivity contribution >= 4 is 23.5 Å². The lowest BCUT2D eigenvalue weighted by molar-refractivity contribution is -0.155. The highest BCUT2D eigenvalue weighted by molar-refractivity contribution is 7.09. The maximum absolute atomic E-state index is 12.9. The number of nitrogens with zero attached hydrogens (tertiary/aromatic N) is 4. The summed E-state index contributed by atoms with van der Waals surface area (Å²) in [7, 11) is 0. The van der Waals surface area contributed by atoms with E-state index < -0.39 is 18.2 Å². The first-order valence-corrected chi connectivity index (χ1v) is 12.7. The fourth-order valence-electron chi connectivity index (χ4n) is 4.63. The third kappa shape index (κ3) is 5.46. The number of thiazole rings is 1. The zero-order valence-corrected chi connectivity index (χ0v) is 20.8. The van der Waals surface area contributed by atoms with E-state index >= 15 is 0 Å². The Labute approximate surface area is 215 Å². The van der Waals surface area contributed by atoms with Gasteiger partial charge in [0, 0.05) is 35.6 Å². The third-order valence-corrected chi connectivity index (χ3v) is 7.77. The number of amides is 1. The molecule has 1 atom stereocenters. The van der Waals surface area contributed by atoms with Crippen LogP contribution >= 0.6 is 11.3 Å². The second kappa shape index (κ2) is 10.3. The second-order valence-corrected chi connectivity index (χ2v) is 10.0. The van der Waals surface area contributed by atoms with Gasteiger partial charge < -0.3 is 14.4 Å². The molecule has 2 aromatic heterocycles. The maximum Gasteiger partial charge on any atom is 0.435 e. The topological polar surface area (TPSA) is 86.5 Å². The van der Waals surface area contributed by atoms with Gasteiger partial charge in [0.2, 0.25) is 12.2 Å². The molecule has 5 rings (SSSR count). The Morgan fingerprint density at radius 2 is 1.97 bits per heavy atom. The van der Waals surface area contributed by atoms with E-state index in [1.54, 1.807) is 11.0 Å². The van der Waals surface area contributed by atoms with Gasteiger partial charge in [0.05, 0.1) is 18.2 Å². The van der Waals surface area contributed by atoms with Gasteiger partial charge >= 0.3 is 6.18 Å². The highest BCUT2D eigenvalue weighted by atomic mass is 32.1. The van der Waals surface area contributed by atoms with Gasteiger partial charge in [-0.05, 0) is 37.0 Å². The molecule has 37 heavy (non-hydrogen) atoms. The number of benzene rings is 1. The van der Waals surface area contributed by atoms with Crippen LogP contribution < -0.4 is 0 Å². The van der Waals surface area contributed by atoms with Crippen molar-refractivity contribution in [3.05, 3.63) is 68.4 Å². The normalized spacial score (nSPS) is 18.9. The molecule has 3 aromatic rings. The zero-order chi connectivity index (χ0) is 26.2. The van der Waals surface area contributed by atoms with E-state index in [4.69, 9.17) is 14.5 Å². The summed E-state index contributed by atoms with van der Waals surface area (Å²) >= 11 is 1.52. The number of ether oxygens (including phenoxy) is 2. The average Bonchev–Trinajstić information content (AvgIpc) is 3.45. The van der Waals surface area contributed by atoms with Crippen molar-refractivity contribution in [3.63, 3.8) is 0 Å². The molecule has 0 saturated carbocycles. The molecule has 1 aromatic carbocycles. The second-order valence-electron chi connectivity index (χ2n) is 9.15. The van der Waals surface area contributed by atoms with Gasteiger partial charge in [-0.3, -0.25) is 14.3 Å². The quantitative estimate of drug-likeness (QED) is 0.444. The Bertz CT molecular complexity index is 1300. The summed E-state index contributed by atoms with van der Waals surface area (Å²) in [4.78, 5) is 30.5. The maximum atomic E-state index is 12.9. The van der Waals surface area contributed by atoms with E-state index in [-0.39, 0.29) is 25.0 Å². The van der Waals surface area contributed by atoms with Crippen molar-refractivity contribution in [1.29, 1.82) is 0 Å². The minimum absolute atomic E-state index is 0.163. The molecule has 0 radical (unpaired) electrons. The Kier molecular flexibility index (Phi) is 7.15. The van der Waals surface area contributed by atoms with Gasteiger partial charge in [-0.1, -0.05) is 18.2 Å². The lowest BCUT2D eigenvalue weighted by Crippen LogP contribution is -2.40. The van der Waals surface area contributed by atoms with Crippen LogP contribution in [0.2, 0.25) is 0 Å². The zero-order valence-electron chi connectivity index (χ0n) is 20.0. The van der Waals surface area contributed by atoms with E-state index in [1.165, 1.54) is 18.3 Å². The largest absolute Gasteiger partial charge is 0.435 e. The minimum atomic E-state index is -4.54. The minimum Gasteiger partial charge on any atom is -0.342 e. The van der Waals surface area contributed by atoms with Crippen LogP contribution in [-0.4, -0.2) is 44.9 Å².